The van der Waals surface area contributed by atoms with Gasteiger partial charge < -0.3 is 14.9 Å². The van der Waals surface area contributed by atoms with E-state index in [4.69, 9.17) is 17.0 Å². The van der Waals surface area contributed by atoms with Crippen LogP contribution in [0.15, 0.2) is 36.4 Å². The van der Waals surface area contributed by atoms with Gasteiger partial charge in [0.25, 0.3) is 0 Å². The number of ether oxygens (including phenoxy) is 1. The third-order valence-corrected chi connectivity index (χ3v) is 2.98. The molecule has 1 aromatic rings. The molecule has 0 aromatic heterocycles. The monoisotopic (exact) mass is 308 g/mol. The quantitative estimate of drug-likeness (QED) is 0.621. The second-order valence-corrected chi connectivity index (χ2v) is 6.52. The first kappa shape index (κ1) is 17.8. The second-order valence-electron chi connectivity index (χ2n) is 6.06. The van der Waals surface area contributed by atoms with Gasteiger partial charge in [-0.05, 0) is 51.0 Å². The van der Waals surface area contributed by atoms with Crippen molar-refractivity contribution >= 4 is 23.3 Å². The van der Waals surface area contributed by atoms with Crippen LogP contribution in [0.4, 0.5) is 0 Å². The van der Waals surface area contributed by atoms with Crippen LogP contribution < -0.4 is 0 Å². The molecule has 0 fully saturated rings. The van der Waals surface area contributed by atoms with Gasteiger partial charge in [-0.1, -0.05) is 36.4 Å². The van der Waals surface area contributed by atoms with E-state index in [2.05, 4.69) is 0 Å². The zero-order valence-electron chi connectivity index (χ0n) is 12.9. The van der Waals surface area contributed by atoms with Crippen LogP contribution in [0.5, 0.6) is 0 Å². The first-order valence-corrected chi connectivity index (χ1v) is 7.50. The maximum atomic E-state index is 9.91. The summed E-state index contributed by atoms with van der Waals surface area (Å²) in [6, 6.07) is 9.52. The highest BCUT2D eigenvalue weighted by atomic mass is 32.1. The molecule has 0 spiro atoms. The van der Waals surface area contributed by atoms with Gasteiger partial charge in [0.15, 0.2) is 10.8 Å². The average Bonchev–Trinajstić information content (AvgIpc) is 2.35. The minimum atomic E-state index is -1.83. The molecule has 1 rings (SSSR count). The van der Waals surface area contributed by atoms with Crippen LogP contribution in [-0.4, -0.2) is 26.7 Å². The van der Waals surface area contributed by atoms with Gasteiger partial charge in [0, 0.05) is 12.8 Å². The molecule has 0 unspecified atom stereocenters. The highest BCUT2D eigenvalue weighted by molar-refractivity contribution is 7.80. The van der Waals surface area contributed by atoms with Gasteiger partial charge >= 0.3 is 0 Å². The molecule has 21 heavy (non-hydrogen) atoms. The van der Waals surface area contributed by atoms with E-state index in [-0.39, 0.29) is 12.0 Å². The van der Waals surface area contributed by atoms with E-state index < -0.39 is 5.79 Å². The SMILES string of the molecule is CC(C)(C)OC(=S)CCCC(O)(O)C=Cc1ccccc1. The summed E-state index contributed by atoms with van der Waals surface area (Å²) in [6.45, 7) is 5.80. The molecule has 1 aromatic carbocycles. The van der Waals surface area contributed by atoms with Crippen LogP contribution in [0.25, 0.3) is 6.08 Å². The fourth-order valence-corrected chi connectivity index (χ4v) is 2.16. The van der Waals surface area contributed by atoms with E-state index >= 15 is 0 Å². The van der Waals surface area contributed by atoms with Gasteiger partial charge in [-0.25, -0.2) is 0 Å². The van der Waals surface area contributed by atoms with Gasteiger partial charge in [0.05, 0.1) is 0 Å². The lowest BCUT2D eigenvalue weighted by Crippen LogP contribution is -2.26. The summed E-state index contributed by atoms with van der Waals surface area (Å²) < 4.78 is 5.53. The van der Waals surface area contributed by atoms with Crippen molar-refractivity contribution in [3.05, 3.63) is 42.0 Å². The molecule has 3 nitrogen and oxygen atoms in total. The Kier molecular flexibility index (Phi) is 6.52. The van der Waals surface area contributed by atoms with Gasteiger partial charge in [-0.2, -0.15) is 0 Å². The highest BCUT2D eigenvalue weighted by Gasteiger charge is 2.19. The lowest BCUT2D eigenvalue weighted by Gasteiger charge is -2.22. The van der Waals surface area contributed by atoms with Crippen LogP contribution in [-0.2, 0) is 4.74 Å². The normalized spacial score (nSPS) is 12.6. The third-order valence-electron chi connectivity index (χ3n) is 2.69. The number of aliphatic hydroxyl groups is 2. The van der Waals surface area contributed by atoms with Gasteiger partial charge in [0.1, 0.15) is 5.60 Å². The predicted molar refractivity (Wildman–Crippen MR) is 89.9 cm³/mol. The fourth-order valence-electron chi connectivity index (χ4n) is 1.76. The Hall–Kier alpha value is -1.23. The van der Waals surface area contributed by atoms with Crippen molar-refractivity contribution in [1.82, 2.24) is 0 Å². The van der Waals surface area contributed by atoms with Crippen LogP contribution in [0.2, 0.25) is 0 Å². The average molecular weight is 308 g/mol. The molecule has 0 amide bonds. The van der Waals surface area contributed by atoms with Gasteiger partial charge in [0.2, 0.25) is 0 Å². The van der Waals surface area contributed by atoms with Crippen LogP contribution in [0, 0.1) is 0 Å². The zero-order valence-corrected chi connectivity index (χ0v) is 13.7. The Morgan fingerprint density at radius 3 is 2.38 bits per heavy atom. The Balaban J connectivity index is 2.39. The van der Waals surface area contributed by atoms with E-state index in [0.29, 0.717) is 17.9 Å². The van der Waals surface area contributed by atoms with Crippen molar-refractivity contribution < 1.29 is 14.9 Å². The lowest BCUT2D eigenvalue weighted by atomic mass is 10.1. The largest absolute Gasteiger partial charge is 0.482 e. The summed E-state index contributed by atoms with van der Waals surface area (Å²) in [4.78, 5) is 0. The fraction of sp³-hybridized carbons (Fsp3) is 0.471. The molecule has 116 valence electrons. The molecule has 0 saturated carbocycles. The molecule has 0 saturated heterocycles. The number of hydrogen-bond acceptors (Lipinski definition) is 4. The molecule has 0 radical (unpaired) electrons. The first-order valence-electron chi connectivity index (χ1n) is 7.09. The van der Waals surface area contributed by atoms with E-state index in [0.717, 1.165) is 5.56 Å². The van der Waals surface area contributed by atoms with Crippen molar-refractivity contribution in [3.63, 3.8) is 0 Å². The lowest BCUT2D eigenvalue weighted by molar-refractivity contribution is -0.122. The van der Waals surface area contributed by atoms with Crippen molar-refractivity contribution in [2.75, 3.05) is 0 Å². The summed E-state index contributed by atoms with van der Waals surface area (Å²) in [5.74, 6) is -1.83. The topological polar surface area (TPSA) is 49.7 Å². The minimum Gasteiger partial charge on any atom is -0.482 e. The van der Waals surface area contributed by atoms with E-state index in [1.165, 1.54) is 6.08 Å². The summed E-state index contributed by atoms with van der Waals surface area (Å²) in [6.07, 6.45) is 4.40. The summed E-state index contributed by atoms with van der Waals surface area (Å²) in [5, 5.41) is 20.3. The van der Waals surface area contributed by atoms with Gasteiger partial charge in [-0.3, -0.25) is 0 Å². The second kappa shape index (κ2) is 7.69. The zero-order chi connectivity index (χ0) is 15.9. The Bertz CT molecular complexity index is 473. The van der Waals surface area contributed by atoms with E-state index in [1.807, 2.05) is 51.1 Å². The molecule has 4 heteroatoms. The number of thiocarbonyl (C=S) groups is 1. The molecule has 0 aliphatic heterocycles. The van der Waals surface area contributed by atoms with Crippen LogP contribution in [0.1, 0.15) is 45.6 Å². The molecular formula is C17H24O3S. The van der Waals surface area contributed by atoms with E-state index in [9.17, 15) is 10.2 Å². The number of rotatable bonds is 6. The van der Waals surface area contributed by atoms with Crippen LogP contribution in [0.3, 0.4) is 0 Å². The molecule has 0 atom stereocenters. The smallest absolute Gasteiger partial charge is 0.182 e. The number of benzene rings is 1. The van der Waals surface area contributed by atoms with E-state index in [1.54, 1.807) is 6.08 Å². The molecular weight excluding hydrogens is 284 g/mol. The maximum absolute atomic E-state index is 9.91. The maximum Gasteiger partial charge on any atom is 0.182 e. The third kappa shape index (κ3) is 8.60. The van der Waals surface area contributed by atoms with Crippen molar-refractivity contribution in [2.45, 2.75) is 51.4 Å². The molecule has 0 bridgehead atoms. The highest BCUT2D eigenvalue weighted by Crippen LogP contribution is 2.17. The van der Waals surface area contributed by atoms with Gasteiger partial charge in [-0.15, -0.1) is 0 Å². The first-order chi connectivity index (χ1) is 9.68. The van der Waals surface area contributed by atoms with Crippen molar-refractivity contribution in [3.8, 4) is 0 Å². The van der Waals surface area contributed by atoms with Crippen molar-refractivity contribution in [1.29, 1.82) is 0 Å². The Labute approximate surface area is 132 Å². The Morgan fingerprint density at radius 2 is 1.81 bits per heavy atom. The minimum absolute atomic E-state index is 0.212. The standard InChI is InChI=1S/C17H24O3S/c1-16(2,3)20-15(21)10-7-12-17(18,19)13-11-14-8-5-4-6-9-14/h4-6,8-9,11,13,18-19H,7,10,12H2,1-3H3. The summed E-state index contributed by atoms with van der Waals surface area (Å²) in [7, 11) is 0. The predicted octanol–water partition coefficient (Wildman–Crippen LogP) is 3.69. The number of hydrogen-bond donors (Lipinski definition) is 2. The van der Waals surface area contributed by atoms with Crippen LogP contribution >= 0.6 is 12.2 Å². The molecule has 0 heterocycles. The Morgan fingerprint density at radius 1 is 1.19 bits per heavy atom. The molecule has 0 aliphatic carbocycles. The summed E-state index contributed by atoms with van der Waals surface area (Å²) in [5.41, 5.74) is 0.622. The molecule has 0 aliphatic rings. The molecule has 2 N–H and O–H groups in total. The van der Waals surface area contributed by atoms with Crippen molar-refractivity contribution in [2.24, 2.45) is 0 Å². The summed E-state index contributed by atoms with van der Waals surface area (Å²) >= 11 is 5.13.